The number of anilines is 2. The molecule has 2 aromatic rings. The number of ether oxygens (including phenoxy) is 1. The summed E-state index contributed by atoms with van der Waals surface area (Å²) >= 11 is 18.4. The summed E-state index contributed by atoms with van der Waals surface area (Å²) in [7, 11) is 0. The topological polar surface area (TPSA) is 65.4 Å². The van der Waals surface area contributed by atoms with Crippen LogP contribution in [0.3, 0.4) is 0 Å². The highest BCUT2D eigenvalue weighted by atomic mass is 35.5. The summed E-state index contributed by atoms with van der Waals surface area (Å²) in [6, 6.07) is 12.1. The molecule has 0 aliphatic carbocycles. The van der Waals surface area contributed by atoms with E-state index in [2.05, 4.69) is 10.2 Å². The van der Waals surface area contributed by atoms with E-state index in [0.29, 0.717) is 52.6 Å². The molecule has 1 amide bonds. The van der Waals surface area contributed by atoms with Crippen molar-refractivity contribution in [3.8, 4) is 6.07 Å². The lowest BCUT2D eigenvalue weighted by Crippen LogP contribution is -2.36. The van der Waals surface area contributed by atoms with Gasteiger partial charge in [-0.1, -0.05) is 40.9 Å². The van der Waals surface area contributed by atoms with Crippen LogP contribution in [0.15, 0.2) is 42.0 Å². The first-order valence-corrected chi connectivity index (χ1v) is 9.62. The zero-order valence-electron chi connectivity index (χ0n) is 14.7. The largest absolute Gasteiger partial charge is 0.378 e. The van der Waals surface area contributed by atoms with Crippen molar-refractivity contribution in [1.82, 2.24) is 0 Å². The molecule has 5 nitrogen and oxygen atoms in total. The molecule has 1 heterocycles. The van der Waals surface area contributed by atoms with Gasteiger partial charge in [-0.2, -0.15) is 5.26 Å². The first kappa shape index (κ1) is 20.5. The van der Waals surface area contributed by atoms with Crippen LogP contribution in [0.1, 0.15) is 5.56 Å². The Labute approximate surface area is 178 Å². The summed E-state index contributed by atoms with van der Waals surface area (Å²) in [5.74, 6) is -0.574. The van der Waals surface area contributed by atoms with Gasteiger partial charge in [-0.3, -0.25) is 4.79 Å². The van der Waals surface area contributed by atoms with E-state index in [1.54, 1.807) is 30.3 Å². The Morgan fingerprint density at radius 2 is 1.82 bits per heavy atom. The lowest BCUT2D eigenvalue weighted by atomic mass is 10.1. The predicted molar refractivity (Wildman–Crippen MR) is 113 cm³/mol. The van der Waals surface area contributed by atoms with E-state index in [1.807, 2.05) is 12.1 Å². The fourth-order valence-corrected chi connectivity index (χ4v) is 3.50. The summed E-state index contributed by atoms with van der Waals surface area (Å²) in [5, 5.41) is 13.4. The highest BCUT2D eigenvalue weighted by molar-refractivity contribution is 6.37. The van der Waals surface area contributed by atoms with Gasteiger partial charge in [0.05, 0.1) is 24.6 Å². The lowest BCUT2D eigenvalue weighted by Gasteiger charge is -2.30. The van der Waals surface area contributed by atoms with E-state index in [4.69, 9.17) is 39.5 Å². The van der Waals surface area contributed by atoms with Gasteiger partial charge < -0.3 is 15.0 Å². The van der Waals surface area contributed by atoms with E-state index in [1.165, 1.54) is 6.08 Å². The minimum Gasteiger partial charge on any atom is -0.378 e. The molecule has 0 saturated carbocycles. The van der Waals surface area contributed by atoms with Crippen LogP contribution >= 0.6 is 34.8 Å². The Kier molecular flexibility index (Phi) is 6.82. The SMILES string of the molecule is N#C/C(=C\c1c(Cl)cccc1Cl)C(=O)Nc1cc(Cl)ccc1N1CCOCC1. The molecular formula is C20H16Cl3N3O2. The third-order valence-corrected chi connectivity index (χ3v) is 5.11. The Balaban J connectivity index is 1.90. The average molecular weight is 437 g/mol. The number of hydrogen-bond donors (Lipinski definition) is 1. The second-order valence-electron chi connectivity index (χ2n) is 6.02. The highest BCUT2D eigenvalue weighted by Gasteiger charge is 2.18. The van der Waals surface area contributed by atoms with Gasteiger partial charge >= 0.3 is 0 Å². The molecule has 0 aromatic heterocycles. The molecule has 1 aliphatic heterocycles. The second-order valence-corrected chi connectivity index (χ2v) is 7.27. The molecule has 144 valence electrons. The molecule has 0 atom stereocenters. The van der Waals surface area contributed by atoms with Gasteiger partial charge in [0.1, 0.15) is 11.6 Å². The van der Waals surface area contributed by atoms with Crippen molar-refractivity contribution < 1.29 is 9.53 Å². The molecular weight excluding hydrogens is 421 g/mol. The van der Waals surface area contributed by atoms with Crippen molar-refractivity contribution in [2.45, 2.75) is 0 Å². The van der Waals surface area contributed by atoms with Gasteiger partial charge in [0.25, 0.3) is 5.91 Å². The van der Waals surface area contributed by atoms with Gasteiger partial charge in [0, 0.05) is 33.7 Å². The zero-order chi connectivity index (χ0) is 20.1. The van der Waals surface area contributed by atoms with E-state index < -0.39 is 5.91 Å². The van der Waals surface area contributed by atoms with Crippen LogP contribution < -0.4 is 10.2 Å². The molecule has 3 rings (SSSR count). The van der Waals surface area contributed by atoms with Crippen LogP contribution in [-0.2, 0) is 9.53 Å². The van der Waals surface area contributed by atoms with Crippen LogP contribution in [0.4, 0.5) is 11.4 Å². The van der Waals surface area contributed by atoms with Crippen molar-refractivity contribution in [2.75, 3.05) is 36.5 Å². The number of nitrogens with one attached hydrogen (secondary N) is 1. The van der Waals surface area contributed by atoms with Crippen LogP contribution in [0, 0.1) is 11.3 Å². The van der Waals surface area contributed by atoms with Gasteiger partial charge in [-0.25, -0.2) is 0 Å². The fourth-order valence-electron chi connectivity index (χ4n) is 2.82. The standard InChI is InChI=1S/C20H16Cl3N3O2/c21-14-4-5-19(26-6-8-28-9-7-26)18(11-14)25-20(27)13(12-24)10-15-16(22)2-1-3-17(15)23/h1-5,10-11H,6-9H2,(H,25,27)/b13-10+. The van der Waals surface area contributed by atoms with Crippen LogP contribution in [0.25, 0.3) is 6.08 Å². The Bertz CT molecular complexity index is 943. The summed E-state index contributed by atoms with van der Waals surface area (Å²) in [4.78, 5) is 14.8. The molecule has 0 bridgehead atoms. The number of carbonyl (C=O) groups excluding carboxylic acids is 1. The van der Waals surface area contributed by atoms with Gasteiger partial charge in [0.2, 0.25) is 0 Å². The minimum absolute atomic E-state index is 0.122. The van der Waals surface area contributed by atoms with E-state index in [0.717, 1.165) is 5.69 Å². The molecule has 0 unspecified atom stereocenters. The fraction of sp³-hybridized carbons (Fsp3) is 0.200. The number of nitrogens with zero attached hydrogens (tertiary/aromatic N) is 2. The summed E-state index contributed by atoms with van der Waals surface area (Å²) in [6.45, 7) is 2.59. The summed E-state index contributed by atoms with van der Waals surface area (Å²) < 4.78 is 5.38. The first-order chi connectivity index (χ1) is 13.5. The van der Waals surface area contributed by atoms with Crippen LogP contribution in [-0.4, -0.2) is 32.2 Å². The van der Waals surface area contributed by atoms with Gasteiger partial charge in [-0.05, 0) is 36.4 Å². The Morgan fingerprint density at radius 1 is 1.14 bits per heavy atom. The average Bonchev–Trinajstić information content (AvgIpc) is 2.68. The number of morpholine rings is 1. The Morgan fingerprint density at radius 3 is 2.46 bits per heavy atom. The smallest absolute Gasteiger partial charge is 0.266 e. The minimum atomic E-state index is -0.574. The molecule has 1 N–H and O–H groups in total. The predicted octanol–water partition coefficient (Wildman–Crippen LogP) is 5.03. The lowest BCUT2D eigenvalue weighted by molar-refractivity contribution is -0.112. The van der Waals surface area contributed by atoms with Crippen molar-refractivity contribution in [1.29, 1.82) is 5.26 Å². The third kappa shape index (κ3) is 4.78. The Hall–Kier alpha value is -2.23. The third-order valence-electron chi connectivity index (χ3n) is 4.21. The second kappa shape index (κ2) is 9.31. The molecule has 0 radical (unpaired) electrons. The van der Waals surface area contributed by atoms with E-state index >= 15 is 0 Å². The number of carbonyl (C=O) groups is 1. The molecule has 1 saturated heterocycles. The number of rotatable bonds is 4. The zero-order valence-corrected chi connectivity index (χ0v) is 17.0. The molecule has 1 aliphatic rings. The maximum absolute atomic E-state index is 12.7. The van der Waals surface area contributed by atoms with Crippen molar-refractivity contribution in [3.05, 3.63) is 62.6 Å². The van der Waals surface area contributed by atoms with Gasteiger partial charge in [0.15, 0.2) is 0 Å². The molecule has 28 heavy (non-hydrogen) atoms. The summed E-state index contributed by atoms with van der Waals surface area (Å²) in [6.07, 6.45) is 1.37. The first-order valence-electron chi connectivity index (χ1n) is 8.49. The monoisotopic (exact) mass is 435 g/mol. The van der Waals surface area contributed by atoms with Crippen LogP contribution in [0.2, 0.25) is 15.1 Å². The van der Waals surface area contributed by atoms with Crippen molar-refractivity contribution >= 4 is 58.2 Å². The van der Waals surface area contributed by atoms with Gasteiger partial charge in [-0.15, -0.1) is 0 Å². The molecule has 1 fully saturated rings. The highest BCUT2D eigenvalue weighted by Crippen LogP contribution is 2.31. The maximum Gasteiger partial charge on any atom is 0.266 e. The van der Waals surface area contributed by atoms with E-state index in [9.17, 15) is 10.1 Å². The van der Waals surface area contributed by atoms with Crippen LogP contribution in [0.5, 0.6) is 0 Å². The normalized spacial score (nSPS) is 14.5. The number of hydrogen-bond acceptors (Lipinski definition) is 4. The molecule has 2 aromatic carbocycles. The number of amides is 1. The van der Waals surface area contributed by atoms with E-state index in [-0.39, 0.29) is 5.57 Å². The molecule has 8 heteroatoms. The number of halogens is 3. The number of benzene rings is 2. The summed E-state index contributed by atoms with van der Waals surface area (Å²) in [5.41, 5.74) is 1.62. The van der Waals surface area contributed by atoms with Crippen molar-refractivity contribution in [3.63, 3.8) is 0 Å². The van der Waals surface area contributed by atoms with Crippen molar-refractivity contribution in [2.24, 2.45) is 0 Å². The number of nitriles is 1. The molecule has 0 spiro atoms. The maximum atomic E-state index is 12.7. The quantitative estimate of drug-likeness (QED) is 0.539.